The van der Waals surface area contributed by atoms with Gasteiger partial charge in [0.2, 0.25) is 5.91 Å². The molecule has 1 aromatic rings. The first kappa shape index (κ1) is 15.1. The van der Waals surface area contributed by atoms with Crippen molar-refractivity contribution in [3.63, 3.8) is 0 Å². The Labute approximate surface area is 132 Å². The Hall–Kier alpha value is -1.84. The van der Waals surface area contributed by atoms with Gasteiger partial charge < -0.3 is 10.2 Å². The molecule has 0 bridgehead atoms. The highest BCUT2D eigenvalue weighted by atomic mass is 16.2. The lowest BCUT2D eigenvalue weighted by atomic mass is 9.95. The summed E-state index contributed by atoms with van der Waals surface area (Å²) in [7, 11) is 0. The third kappa shape index (κ3) is 3.32. The molecule has 118 valence electrons. The van der Waals surface area contributed by atoms with Gasteiger partial charge in [-0.25, -0.2) is 0 Å². The zero-order valence-corrected chi connectivity index (χ0v) is 13.1. The van der Waals surface area contributed by atoms with Crippen molar-refractivity contribution in [2.24, 2.45) is 0 Å². The fraction of sp³-hybridized carbons (Fsp3) is 0.556. The van der Waals surface area contributed by atoms with Crippen molar-refractivity contribution in [2.45, 2.75) is 57.0 Å². The molecule has 22 heavy (non-hydrogen) atoms. The van der Waals surface area contributed by atoms with E-state index in [2.05, 4.69) is 21.8 Å². The van der Waals surface area contributed by atoms with E-state index < -0.39 is 0 Å². The number of hydrogen-bond donors (Lipinski definition) is 1. The second kappa shape index (κ2) is 6.95. The molecule has 4 nitrogen and oxygen atoms in total. The molecule has 1 aliphatic heterocycles. The van der Waals surface area contributed by atoms with Gasteiger partial charge in [0.05, 0.1) is 0 Å². The van der Waals surface area contributed by atoms with Crippen molar-refractivity contribution in [2.75, 3.05) is 6.54 Å². The second-order valence-corrected chi connectivity index (χ2v) is 6.38. The molecule has 3 rings (SSSR count). The maximum absolute atomic E-state index is 12.7. The molecule has 1 saturated carbocycles. The summed E-state index contributed by atoms with van der Waals surface area (Å²) in [5, 5.41) is 3.26. The van der Waals surface area contributed by atoms with E-state index in [1.165, 1.54) is 19.3 Å². The molecule has 0 radical (unpaired) electrons. The number of carbonyl (C=O) groups is 1. The van der Waals surface area contributed by atoms with Crippen LogP contribution in [0.5, 0.6) is 0 Å². The van der Waals surface area contributed by atoms with Crippen LogP contribution in [0.15, 0.2) is 31.1 Å². The Bertz CT molecular complexity index is 522. The summed E-state index contributed by atoms with van der Waals surface area (Å²) in [6.45, 7) is 5.09. The van der Waals surface area contributed by atoms with E-state index in [1.807, 2.05) is 18.3 Å². The van der Waals surface area contributed by atoms with Gasteiger partial charge in [-0.1, -0.05) is 25.8 Å². The molecular weight excluding hydrogens is 274 g/mol. The van der Waals surface area contributed by atoms with Gasteiger partial charge in [0.15, 0.2) is 0 Å². The van der Waals surface area contributed by atoms with Gasteiger partial charge >= 0.3 is 0 Å². The summed E-state index contributed by atoms with van der Waals surface area (Å²) in [6.07, 6.45) is 11.6. The lowest BCUT2D eigenvalue weighted by Gasteiger charge is -2.30. The molecule has 2 fully saturated rings. The van der Waals surface area contributed by atoms with Crippen LogP contribution in [0.3, 0.4) is 0 Å². The number of likely N-dealkylation sites (tertiary alicyclic amines) is 1. The van der Waals surface area contributed by atoms with Gasteiger partial charge in [-0.3, -0.25) is 9.78 Å². The van der Waals surface area contributed by atoms with E-state index in [1.54, 1.807) is 6.20 Å². The standard InChI is InChI=1S/C18H25N3O/c1-14(15-7-5-11-19-13-15)21-12-6-10-17(21)18(22)20-16-8-3-2-4-9-16/h5,7,11,13,16-17H,1-4,6,8-10,12H2,(H,20,22). The lowest BCUT2D eigenvalue weighted by molar-refractivity contribution is -0.125. The predicted octanol–water partition coefficient (Wildman–Crippen LogP) is 2.97. The zero-order chi connectivity index (χ0) is 15.4. The SMILES string of the molecule is C=C(c1cccnc1)N1CCCC1C(=O)NC1CCCCC1. The fourth-order valence-electron chi connectivity index (χ4n) is 3.61. The Morgan fingerprint density at radius 3 is 2.77 bits per heavy atom. The summed E-state index contributed by atoms with van der Waals surface area (Å²) < 4.78 is 0. The largest absolute Gasteiger partial charge is 0.359 e. The number of amides is 1. The molecule has 1 atom stereocenters. The number of aromatic nitrogens is 1. The van der Waals surface area contributed by atoms with Crippen LogP contribution in [0.4, 0.5) is 0 Å². The van der Waals surface area contributed by atoms with Crippen molar-refractivity contribution >= 4 is 11.6 Å². The Morgan fingerprint density at radius 1 is 1.23 bits per heavy atom. The highest BCUT2D eigenvalue weighted by Gasteiger charge is 2.33. The molecular formula is C18H25N3O. The van der Waals surface area contributed by atoms with Crippen molar-refractivity contribution < 1.29 is 4.79 Å². The van der Waals surface area contributed by atoms with E-state index in [9.17, 15) is 4.79 Å². The molecule has 1 unspecified atom stereocenters. The van der Waals surface area contributed by atoms with E-state index in [4.69, 9.17) is 0 Å². The van der Waals surface area contributed by atoms with Crippen molar-refractivity contribution in [1.82, 2.24) is 15.2 Å². The average Bonchev–Trinajstić information content (AvgIpc) is 3.05. The van der Waals surface area contributed by atoms with Gasteiger partial charge in [-0.2, -0.15) is 0 Å². The highest BCUT2D eigenvalue weighted by Crippen LogP contribution is 2.27. The topological polar surface area (TPSA) is 45.2 Å². The first-order chi connectivity index (χ1) is 10.8. The third-order valence-corrected chi connectivity index (χ3v) is 4.85. The number of rotatable bonds is 4. The number of hydrogen-bond acceptors (Lipinski definition) is 3. The van der Waals surface area contributed by atoms with Crippen LogP contribution in [0.2, 0.25) is 0 Å². The van der Waals surface area contributed by atoms with Crippen LogP contribution >= 0.6 is 0 Å². The quantitative estimate of drug-likeness (QED) is 0.929. The first-order valence-corrected chi connectivity index (χ1v) is 8.42. The van der Waals surface area contributed by atoms with Crippen molar-refractivity contribution in [1.29, 1.82) is 0 Å². The summed E-state index contributed by atoms with van der Waals surface area (Å²) in [6, 6.07) is 4.21. The minimum absolute atomic E-state index is 0.0744. The number of nitrogens with one attached hydrogen (secondary N) is 1. The molecule has 0 spiro atoms. The minimum Gasteiger partial charge on any atom is -0.359 e. The fourth-order valence-corrected chi connectivity index (χ4v) is 3.61. The van der Waals surface area contributed by atoms with E-state index in [0.29, 0.717) is 6.04 Å². The van der Waals surface area contributed by atoms with E-state index in [0.717, 1.165) is 43.5 Å². The molecule has 0 aromatic carbocycles. The first-order valence-electron chi connectivity index (χ1n) is 8.42. The molecule has 1 aliphatic carbocycles. The van der Waals surface area contributed by atoms with Crippen LogP contribution in [-0.4, -0.2) is 34.4 Å². The van der Waals surface area contributed by atoms with Crippen LogP contribution in [0.25, 0.3) is 5.70 Å². The van der Waals surface area contributed by atoms with Gasteiger partial charge in [-0.15, -0.1) is 0 Å². The van der Waals surface area contributed by atoms with Crippen LogP contribution in [0.1, 0.15) is 50.5 Å². The van der Waals surface area contributed by atoms with Gasteiger partial charge in [0.25, 0.3) is 0 Å². The Kier molecular flexibility index (Phi) is 4.76. The molecule has 1 N–H and O–H groups in total. The predicted molar refractivity (Wildman–Crippen MR) is 88.0 cm³/mol. The van der Waals surface area contributed by atoms with Gasteiger partial charge in [0.1, 0.15) is 6.04 Å². The van der Waals surface area contributed by atoms with Crippen LogP contribution in [-0.2, 0) is 4.79 Å². The summed E-state index contributed by atoms with van der Waals surface area (Å²) in [4.78, 5) is 19.0. The smallest absolute Gasteiger partial charge is 0.242 e. The third-order valence-electron chi connectivity index (χ3n) is 4.85. The number of pyridine rings is 1. The summed E-state index contributed by atoms with van der Waals surface area (Å²) >= 11 is 0. The normalized spacial score (nSPS) is 22.5. The van der Waals surface area contributed by atoms with Crippen LogP contribution < -0.4 is 5.32 Å². The molecule has 2 heterocycles. The van der Waals surface area contributed by atoms with E-state index >= 15 is 0 Å². The van der Waals surface area contributed by atoms with E-state index in [-0.39, 0.29) is 11.9 Å². The monoisotopic (exact) mass is 299 g/mol. The van der Waals surface area contributed by atoms with Crippen molar-refractivity contribution in [3.05, 3.63) is 36.7 Å². The number of carbonyl (C=O) groups excluding carboxylic acids is 1. The maximum atomic E-state index is 12.7. The second-order valence-electron chi connectivity index (χ2n) is 6.38. The Morgan fingerprint density at radius 2 is 2.05 bits per heavy atom. The highest BCUT2D eigenvalue weighted by molar-refractivity contribution is 5.84. The Balaban J connectivity index is 1.64. The lowest BCUT2D eigenvalue weighted by Crippen LogP contribution is -2.46. The van der Waals surface area contributed by atoms with Gasteiger partial charge in [0, 0.05) is 36.2 Å². The maximum Gasteiger partial charge on any atom is 0.242 e. The zero-order valence-electron chi connectivity index (χ0n) is 13.1. The molecule has 2 aliphatic rings. The molecule has 1 aromatic heterocycles. The number of nitrogens with zero attached hydrogens (tertiary/aromatic N) is 2. The molecule has 4 heteroatoms. The van der Waals surface area contributed by atoms with Crippen molar-refractivity contribution in [3.8, 4) is 0 Å². The summed E-state index contributed by atoms with van der Waals surface area (Å²) in [5.74, 6) is 0.175. The molecule has 1 saturated heterocycles. The average molecular weight is 299 g/mol. The van der Waals surface area contributed by atoms with Gasteiger partial charge in [-0.05, 0) is 37.8 Å². The summed E-state index contributed by atoms with van der Waals surface area (Å²) in [5.41, 5.74) is 1.91. The minimum atomic E-state index is -0.0744. The van der Waals surface area contributed by atoms with Crippen LogP contribution in [0, 0.1) is 0 Å². The molecule has 1 amide bonds.